The van der Waals surface area contributed by atoms with Crippen LogP contribution >= 0.6 is 0 Å². The van der Waals surface area contributed by atoms with Gasteiger partial charge in [-0.2, -0.15) is 0 Å². The van der Waals surface area contributed by atoms with Crippen molar-refractivity contribution in [2.24, 2.45) is 0 Å². The summed E-state index contributed by atoms with van der Waals surface area (Å²) in [5.74, 6) is 0.700. The summed E-state index contributed by atoms with van der Waals surface area (Å²) in [5, 5.41) is 0.664. The van der Waals surface area contributed by atoms with Crippen LogP contribution in [-0.2, 0) is 5.41 Å². The summed E-state index contributed by atoms with van der Waals surface area (Å²) >= 11 is 0. The summed E-state index contributed by atoms with van der Waals surface area (Å²) in [6.07, 6.45) is 0. The molecule has 0 fully saturated rings. The third kappa shape index (κ3) is 2.18. The van der Waals surface area contributed by atoms with Gasteiger partial charge in [-0.05, 0) is 18.2 Å². The minimum Gasteiger partial charge on any atom is -0.497 e. The highest BCUT2D eigenvalue weighted by Crippen LogP contribution is 2.22. The van der Waals surface area contributed by atoms with Crippen molar-refractivity contribution in [1.29, 1.82) is 0 Å². The van der Waals surface area contributed by atoms with Gasteiger partial charge in [-0.3, -0.25) is 4.79 Å². The molecule has 0 amide bonds. The Morgan fingerprint density at radius 1 is 1.18 bits per heavy atom. The van der Waals surface area contributed by atoms with E-state index in [1.807, 2.05) is 12.1 Å². The van der Waals surface area contributed by atoms with Crippen molar-refractivity contribution in [3.05, 3.63) is 40.2 Å². The number of hydrogen-bond acceptors (Lipinski definition) is 2. The first kappa shape index (κ1) is 11.7. The lowest BCUT2D eigenvalue weighted by atomic mass is 9.91. The van der Waals surface area contributed by atoms with E-state index in [1.54, 1.807) is 19.2 Å². The highest BCUT2D eigenvalue weighted by atomic mass is 16.5. The van der Waals surface area contributed by atoms with Gasteiger partial charge in [-0.1, -0.05) is 20.8 Å². The first-order valence-electron chi connectivity index (χ1n) is 5.63. The zero-order chi connectivity index (χ0) is 12.6. The Hall–Kier alpha value is -1.77. The molecule has 90 valence electrons. The van der Waals surface area contributed by atoms with Crippen molar-refractivity contribution in [2.75, 3.05) is 7.11 Å². The average molecular weight is 231 g/mol. The summed E-state index contributed by atoms with van der Waals surface area (Å²) in [7, 11) is 1.60. The summed E-state index contributed by atoms with van der Waals surface area (Å²) in [6.45, 7) is 6.23. The van der Waals surface area contributed by atoms with E-state index >= 15 is 0 Å². The first-order chi connectivity index (χ1) is 7.91. The first-order valence-corrected chi connectivity index (χ1v) is 5.63. The summed E-state index contributed by atoms with van der Waals surface area (Å²) in [4.78, 5) is 15.3. The number of rotatable bonds is 1. The molecule has 0 aliphatic heterocycles. The predicted molar refractivity (Wildman–Crippen MR) is 69.8 cm³/mol. The molecule has 1 heterocycles. The van der Waals surface area contributed by atoms with Crippen LogP contribution in [0.1, 0.15) is 26.5 Å². The van der Waals surface area contributed by atoms with Crippen LogP contribution in [-0.4, -0.2) is 12.1 Å². The van der Waals surface area contributed by atoms with Crippen LogP contribution < -0.4 is 10.2 Å². The van der Waals surface area contributed by atoms with Crippen molar-refractivity contribution < 1.29 is 4.74 Å². The van der Waals surface area contributed by atoms with Crippen LogP contribution in [0.15, 0.2) is 29.1 Å². The van der Waals surface area contributed by atoms with Crippen LogP contribution in [0.25, 0.3) is 10.9 Å². The van der Waals surface area contributed by atoms with E-state index in [9.17, 15) is 4.79 Å². The molecule has 0 bridgehead atoms. The van der Waals surface area contributed by atoms with Gasteiger partial charge in [0.2, 0.25) is 0 Å². The summed E-state index contributed by atoms with van der Waals surface area (Å²) < 4.78 is 5.12. The second kappa shape index (κ2) is 3.91. The molecule has 0 aliphatic rings. The molecule has 0 spiro atoms. The van der Waals surface area contributed by atoms with E-state index in [2.05, 4.69) is 25.8 Å². The zero-order valence-corrected chi connectivity index (χ0v) is 10.6. The number of methoxy groups -OCH3 is 1. The molecular formula is C14H17NO2. The second-order valence-corrected chi connectivity index (χ2v) is 5.21. The number of benzene rings is 1. The normalized spacial score (nSPS) is 11.8. The van der Waals surface area contributed by atoms with Gasteiger partial charge in [0, 0.05) is 28.1 Å². The lowest BCUT2D eigenvalue weighted by molar-refractivity contribution is 0.415. The van der Waals surface area contributed by atoms with E-state index in [4.69, 9.17) is 4.74 Å². The van der Waals surface area contributed by atoms with Crippen LogP contribution in [0.5, 0.6) is 5.75 Å². The van der Waals surface area contributed by atoms with Gasteiger partial charge in [0.05, 0.1) is 7.11 Å². The molecule has 2 aromatic rings. The second-order valence-electron chi connectivity index (χ2n) is 5.21. The maximum absolute atomic E-state index is 12.0. The topological polar surface area (TPSA) is 42.1 Å². The number of nitrogens with one attached hydrogen (secondary N) is 1. The van der Waals surface area contributed by atoms with Crippen LogP contribution in [0.2, 0.25) is 0 Å². The van der Waals surface area contributed by atoms with Crippen molar-refractivity contribution in [3.63, 3.8) is 0 Å². The molecule has 1 aromatic heterocycles. The minimum absolute atomic E-state index is 0.0302. The number of aromatic nitrogens is 1. The maximum Gasteiger partial charge on any atom is 0.189 e. The number of H-pyrrole nitrogens is 1. The number of fused-ring (bicyclic) bond motifs is 1. The van der Waals surface area contributed by atoms with Crippen LogP contribution in [0.3, 0.4) is 0 Å². The zero-order valence-electron chi connectivity index (χ0n) is 10.6. The third-order valence-electron chi connectivity index (χ3n) is 2.84. The SMILES string of the molecule is COc1ccc2[nH]c(C(C)(C)C)cc(=O)c2c1. The number of ether oxygens (including phenoxy) is 1. The molecule has 0 saturated carbocycles. The Kier molecular flexibility index (Phi) is 2.69. The van der Waals surface area contributed by atoms with Gasteiger partial charge in [0.15, 0.2) is 5.43 Å². The smallest absolute Gasteiger partial charge is 0.189 e. The monoisotopic (exact) mass is 231 g/mol. The lowest BCUT2D eigenvalue weighted by Crippen LogP contribution is -2.17. The van der Waals surface area contributed by atoms with Gasteiger partial charge in [0.1, 0.15) is 5.75 Å². The van der Waals surface area contributed by atoms with E-state index in [0.29, 0.717) is 11.1 Å². The quantitative estimate of drug-likeness (QED) is 0.820. The van der Waals surface area contributed by atoms with Gasteiger partial charge < -0.3 is 9.72 Å². The van der Waals surface area contributed by atoms with Crippen LogP contribution in [0.4, 0.5) is 0 Å². The van der Waals surface area contributed by atoms with E-state index in [0.717, 1.165) is 11.2 Å². The molecule has 0 atom stereocenters. The Labute approximate surface area is 100 Å². The van der Waals surface area contributed by atoms with Crippen molar-refractivity contribution in [2.45, 2.75) is 26.2 Å². The van der Waals surface area contributed by atoms with Crippen LogP contribution in [0, 0.1) is 0 Å². The number of aromatic amines is 1. The van der Waals surface area contributed by atoms with E-state index in [-0.39, 0.29) is 10.8 Å². The molecule has 0 radical (unpaired) electrons. The molecule has 1 aromatic carbocycles. The molecule has 3 heteroatoms. The van der Waals surface area contributed by atoms with Crippen molar-refractivity contribution >= 4 is 10.9 Å². The molecule has 0 unspecified atom stereocenters. The van der Waals surface area contributed by atoms with Gasteiger partial charge >= 0.3 is 0 Å². The molecule has 2 rings (SSSR count). The molecule has 0 saturated heterocycles. The third-order valence-corrected chi connectivity index (χ3v) is 2.84. The standard InChI is InChI=1S/C14H17NO2/c1-14(2,3)13-8-12(16)10-7-9(17-4)5-6-11(10)15-13/h5-8H,1-4H3,(H,15,16). The predicted octanol–water partition coefficient (Wildman–Crippen LogP) is 2.83. The highest BCUT2D eigenvalue weighted by Gasteiger charge is 2.16. The van der Waals surface area contributed by atoms with E-state index < -0.39 is 0 Å². The number of hydrogen-bond donors (Lipinski definition) is 1. The fraction of sp³-hybridized carbons (Fsp3) is 0.357. The molecule has 17 heavy (non-hydrogen) atoms. The minimum atomic E-state index is -0.0622. The summed E-state index contributed by atoms with van der Waals surface area (Å²) in [5.41, 5.74) is 1.76. The number of pyridine rings is 1. The van der Waals surface area contributed by atoms with E-state index in [1.165, 1.54) is 0 Å². The fourth-order valence-electron chi connectivity index (χ4n) is 1.76. The van der Waals surface area contributed by atoms with Crippen molar-refractivity contribution in [1.82, 2.24) is 4.98 Å². The largest absolute Gasteiger partial charge is 0.497 e. The molecule has 0 aliphatic carbocycles. The molecular weight excluding hydrogens is 214 g/mol. The van der Waals surface area contributed by atoms with Gasteiger partial charge in [-0.15, -0.1) is 0 Å². The van der Waals surface area contributed by atoms with Gasteiger partial charge in [-0.25, -0.2) is 0 Å². The Balaban J connectivity index is 2.73. The summed E-state index contributed by atoms with van der Waals surface area (Å²) in [6, 6.07) is 7.16. The maximum atomic E-state index is 12.0. The van der Waals surface area contributed by atoms with Crippen molar-refractivity contribution in [3.8, 4) is 5.75 Å². The molecule has 3 nitrogen and oxygen atoms in total. The Bertz CT molecular complexity index is 606. The molecule has 1 N–H and O–H groups in total. The Morgan fingerprint density at radius 2 is 1.88 bits per heavy atom. The van der Waals surface area contributed by atoms with Gasteiger partial charge in [0.25, 0.3) is 0 Å². The highest BCUT2D eigenvalue weighted by molar-refractivity contribution is 5.80. The average Bonchev–Trinajstić information content (AvgIpc) is 2.27. The Morgan fingerprint density at radius 3 is 2.47 bits per heavy atom. The lowest BCUT2D eigenvalue weighted by Gasteiger charge is -2.19. The fourth-order valence-corrected chi connectivity index (χ4v) is 1.76.